The molecular weight excluding hydrogens is 198 g/mol. The molecule has 0 saturated heterocycles. The van der Waals surface area contributed by atoms with Crippen molar-refractivity contribution in [3.05, 3.63) is 42.6 Å². The van der Waals surface area contributed by atoms with Gasteiger partial charge in [0, 0.05) is 6.20 Å². The van der Waals surface area contributed by atoms with Crippen LogP contribution in [0.4, 0.5) is 0 Å². The molecule has 1 aliphatic rings. The lowest BCUT2D eigenvalue weighted by Gasteiger charge is -2.04. The van der Waals surface area contributed by atoms with Crippen LogP contribution in [0.15, 0.2) is 52.6 Å². The molecule has 3 heteroatoms. The lowest BCUT2D eigenvalue weighted by Crippen LogP contribution is -1.96. The highest BCUT2D eigenvalue weighted by Crippen LogP contribution is 2.18. The van der Waals surface area contributed by atoms with Gasteiger partial charge in [-0.15, -0.1) is 0 Å². The summed E-state index contributed by atoms with van der Waals surface area (Å²) >= 11 is 0. The van der Waals surface area contributed by atoms with Gasteiger partial charge < -0.3 is 4.57 Å². The number of benzene rings is 1. The van der Waals surface area contributed by atoms with Crippen molar-refractivity contribution in [2.24, 2.45) is 9.98 Å². The second-order valence-corrected chi connectivity index (χ2v) is 3.63. The molecule has 1 aromatic heterocycles. The molecule has 0 atom stereocenters. The normalized spacial score (nSPS) is 15.1. The molecule has 1 aliphatic heterocycles. The molecule has 0 spiro atoms. The number of fused-ring (bicyclic) bond motifs is 1. The summed E-state index contributed by atoms with van der Waals surface area (Å²) in [5, 5.41) is 1.24. The fourth-order valence-corrected chi connectivity index (χ4v) is 1.87. The Morgan fingerprint density at radius 2 is 2.06 bits per heavy atom. The highest BCUT2D eigenvalue weighted by atomic mass is 15.0. The molecule has 0 fully saturated rings. The minimum absolute atomic E-state index is 0.682. The summed E-state index contributed by atoms with van der Waals surface area (Å²) in [5.41, 5.74) is 2.26. The number of hydrogen-bond acceptors (Lipinski definition) is 2. The van der Waals surface area contributed by atoms with Crippen molar-refractivity contribution in [2.45, 2.75) is 0 Å². The summed E-state index contributed by atoms with van der Waals surface area (Å²) in [7, 11) is 0. The van der Waals surface area contributed by atoms with Crippen LogP contribution in [0.1, 0.15) is 0 Å². The van der Waals surface area contributed by atoms with E-state index in [9.17, 15) is 0 Å². The van der Waals surface area contributed by atoms with Gasteiger partial charge in [-0.25, -0.2) is 4.99 Å². The first-order chi connectivity index (χ1) is 7.95. The van der Waals surface area contributed by atoms with Crippen LogP contribution in [-0.2, 0) is 0 Å². The number of rotatable bonds is 1. The molecule has 0 unspecified atom stereocenters. The van der Waals surface area contributed by atoms with Crippen molar-refractivity contribution in [1.82, 2.24) is 4.57 Å². The van der Waals surface area contributed by atoms with Crippen molar-refractivity contribution in [3.63, 3.8) is 0 Å². The van der Waals surface area contributed by atoms with Crippen molar-refractivity contribution >= 4 is 29.2 Å². The van der Waals surface area contributed by atoms with Gasteiger partial charge >= 0.3 is 0 Å². The molecule has 2 heterocycles. The van der Waals surface area contributed by atoms with Gasteiger partial charge in [-0.2, -0.15) is 0 Å². The van der Waals surface area contributed by atoms with Crippen LogP contribution in [0, 0.1) is 0 Å². The molecule has 0 N–H and O–H groups in total. The van der Waals surface area contributed by atoms with E-state index in [1.54, 1.807) is 6.34 Å². The van der Waals surface area contributed by atoms with Crippen molar-refractivity contribution in [3.8, 4) is 0 Å². The number of allylic oxidation sites excluding steroid dienone is 1. The van der Waals surface area contributed by atoms with Gasteiger partial charge in [0.1, 0.15) is 6.34 Å². The topological polar surface area (TPSA) is 29.6 Å². The largest absolute Gasteiger partial charge is 0.315 e. The third kappa shape index (κ3) is 1.46. The number of hydrogen-bond donors (Lipinski definition) is 0. The van der Waals surface area contributed by atoms with Gasteiger partial charge in [-0.05, 0) is 23.6 Å². The van der Waals surface area contributed by atoms with E-state index in [0.717, 1.165) is 5.70 Å². The fraction of sp³-hybridized carbons (Fsp3) is 0.0769. The Hall–Kier alpha value is -2.16. The first-order valence-corrected chi connectivity index (χ1v) is 5.23. The fourth-order valence-electron chi connectivity index (χ4n) is 1.87. The van der Waals surface area contributed by atoms with E-state index in [2.05, 4.69) is 45.0 Å². The van der Waals surface area contributed by atoms with Crippen LogP contribution >= 0.6 is 0 Å². The Bertz CT molecular complexity index is 602. The average molecular weight is 209 g/mol. The molecule has 1 aromatic carbocycles. The predicted molar refractivity (Wildman–Crippen MR) is 68.1 cm³/mol. The van der Waals surface area contributed by atoms with E-state index in [1.807, 2.05) is 18.3 Å². The Morgan fingerprint density at radius 1 is 1.12 bits per heavy atom. The molecule has 0 amide bonds. The van der Waals surface area contributed by atoms with Crippen molar-refractivity contribution < 1.29 is 0 Å². The second-order valence-electron chi connectivity index (χ2n) is 3.63. The van der Waals surface area contributed by atoms with Gasteiger partial charge in [0.15, 0.2) is 0 Å². The maximum absolute atomic E-state index is 4.11. The third-order valence-corrected chi connectivity index (χ3v) is 2.64. The van der Waals surface area contributed by atoms with Crippen LogP contribution in [0.5, 0.6) is 0 Å². The lowest BCUT2D eigenvalue weighted by molar-refractivity contribution is 1.17. The standard InChI is InChI=1S/C13H11N3/c1-2-4-13-11(3-1)6-8-16(13)12-5-7-14-10-15-9-12/h1-6,8-10H,7H2. The van der Waals surface area contributed by atoms with Gasteiger partial charge in [0.2, 0.25) is 0 Å². The molecule has 2 aromatic rings. The summed E-state index contributed by atoms with van der Waals surface area (Å²) in [4.78, 5) is 8.21. The SMILES string of the molecule is C1=NC=NCC=C1n1ccc2ccccc21. The van der Waals surface area contributed by atoms with Gasteiger partial charge in [-0.3, -0.25) is 4.99 Å². The first kappa shape index (κ1) is 9.09. The number of para-hydroxylation sites is 1. The zero-order chi connectivity index (χ0) is 10.8. The Labute approximate surface area is 93.5 Å². The van der Waals surface area contributed by atoms with Crippen molar-refractivity contribution in [2.75, 3.05) is 6.54 Å². The lowest BCUT2D eigenvalue weighted by atomic mass is 10.2. The number of aliphatic imine (C=N–C) groups is 2. The molecule has 16 heavy (non-hydrogen) atoms. The third-order valence-electron chi connectivity index (χ3n) is 2.64. The zero-order valence-corrected chi connectivity index (χ0v) is 8.74. The van der Waals surface area contributed by atoms with Crippen LogP contribution in [0.25, 0.3) is 16.6 Å². The highest BCUT2D eigenvalue weighted by Gasteiger charge is 2.03. The first-order valence-electron chi connectivity index (χ1n) is 5.23. The zero-order valence-electron chi connectivity index (χ0n) is 8.74. The Balaban J connectivity index is 2.16. The summed E-state index contributed by atoms with van der Waals surface area (Å²) in [6, 6.07) is 10.4. The van der Waals surface area contributed by atoms with E-state index in [4.69, 9.17) is 0 Å². The summed E-state index contributed by atoms with van der Waals surface area (Å²) in [6.07, 6.45) is 7.56. The molecule has 3 rings (SSSR count). The van der Waals surface area contributed by atoms with Crippen LogP contribution in [-0.4, -0.2) is 23.7 Å². The van der Waals surface area contributed by atoms with Gasteiger partial charge in [0.05, 0.1) is 24.0 Å². The second kappa shape index (κ2) is 3.77. The molecule has 0 saturated carbocycles. The number of nitrogens with zero attached hydrogens (tertiary/aromatic N) is 3. The molecule has 3 nitrogen and oxygen atoms in total. The van der Waals surface area contributed by atoms with E-state index < -0.39 is 0 Å². The maximum atomic E-state index is 4.11. The summed E-state index contributed by atoms with van der Waals surface area (Å²) < 4.78 is 2.13. The van der Waals surface area contributed by atoms with E-state index in [0.29, 0.717) is 6.54 Å². The minimum Gasteiger partial charge on any atom is -0.315 e. The number of aromatic nitrogens is 1. The van der Waals surface area contributed by atoms with Crippen LogP contribution in [0.3, 0.4) is 0 Å². The van der Waals surface area contributed by atoms with Crippen molar-refractivity contribution in [1.29, 1.82) is 0 Å². The molecule has 0 bridgehead atoms. The highest BCUT2D eigenvalue weighted by molar-refractivity contribution is 6.07. The summed E-state index contributed by atoms with van der Waals surface area (Å²) in [5.74, 6) is 0. The smallest absolute Gasteiger partial charge is 0.110 e. The Morgan fingerprint density at radius 3 is 3.06 bits per heavy atom. The Kier molecular flexibility index (Phi) is 2.14. The minimum atomic E-state index is 0.682. The molecule has 0 aliphatic carbocycles. The molecule has 78 valence electrons. The maximum Gasteiger partial charge on any atom is 0.110 e. The molecule has 0 radical (unpaired) electrons. The average Bonchev–Trinajstić information content (AvgIpc) is 2.57. The van der Waals surface area contributed by atoms with Gasteiger partial charge in [0.25, 0.3) is 0 Å². The van der Waals surface area contributed by atoms with Crippen LogP contribution in [0.2, 0.25) is 0 Å². The van der Waals surface area contributed by atoms with E-state index >= 15 is 0 Å². The monoisotopic (exact) mass is 209 g/mol. The van der Waals surface area contributed by atoms with Crippen LogP contribution < -0.4 is 0 Å². The van der Waals surface area contributed by atoms with E-state index in [-0.39, 0.29) is 0 Å². The summed E-state index contributed by atoms with van der Waals surface area (Å²) in [6.45, 7) is 0.682. The molecular formula is C13H11N3. The predicted octanol–water partition coefficient (Wildman–Crippen LogP) is 2.59. The van der Waals surface area contributed by atoms with E-state index in [1.165, 1.54) is 10.9 Å². The quantitative estimate of drug-likeness (QED) is 0.691. The van der Waals surface area contributed by atoms with Gasteiger partial charge in [-0.1, -0.05) is 18.2 Å².